The van der Waals surface area contributed by atoms with E-state index >= 15 is 0 Å². The second-order valence-electron chi connectivity index (χ2n) is 3.87. The first-order chi connectivity index (χ1) is 5.65. The molecule has 0 aromatic rings. The van der Waals surface area contributed by atoms with E-state index in [-0.39, 0.29) is 11.8 Å². The highest BCUT2D eigenvalue weighted by Gasteiger charge is 2.27. The maximum atomic E-state index is 11.5. The monoisotopic (exact) mass is 170 g/mol. The molecule has 1 rings (SSSR count). The second kappa shape index (κ2) is 3.90. The highest BCUT2D eigenvalue weighted by Crippen LogP contribution is 2.20. The Bertz CT molecular complexity index is 164. The van der Waals surface area contributed by atoms with Crippen LogP contribution in [-0.4, -0.2) is 18.5 Å². The molecule has 0 saturated heterocycles. The summed E-state index contributed by atoms with van der Waals surface area (Å²) in [6.45, 7) is 4.52. The van der Waals surface area contributed by atoms with Gasteiger partial charge in [0, 0.05) is 12.6 Å². The maximum Gasteiger partial charge on any atom is 0.224 e. The SMILES string of the molecule is CC(C)C(CN)C(=O)NC1CC1. The molecule has 12 heavy (non-hydrogen) atoms. The minimum Gasteiger partial charge on any atom is -0.353 e. The van der Waals surface area contributed by atoms with Gasteiger partial charge in [-0.3, -0.25) is 4.79 Å². The zero-order valence-electron chi connectivity index (χ0n) is 7.84. The first-order valence-electron chi connectivity index (χ1n) is 4.65. The molecule has 3 N–H and O–H groups in total. The van der Waals surface area contributed by atoms with E-state index in [0.717, 1.165) is 12.8 Å². The van der Waals surface area contributed by atoms with E-state index in [1.54, 1.807) is 0 Å². The van der Waals surface area contributed by atoms with Gasteiger partial charge in [-0.1, -0.05) is 13.8 Å². The lowest BCUT2D eigenvalue weighted by molar-refractivity contribution is -0.126. The molecule has 0 aliphatic heterocycles. The van der Waals surface area contributed by atoms with Crippen LogP contribution in [0.3, 0.4) is 0 Å². The third-order valence-corrected chi connectivity index (χ3v) is 2.32. The van der Waals surface area contributed by atoms with Gasteiger partial charge in [-0.15, -0.1) is 0 Å². The van der Waals surface area contributed by atoms with Crippen molar-refractivity contribution in [3.05, 3.63) is 0 Å². The van der Waals surface area contributed by atoms with E-state index in [4.69, 9.17) is 5.73 Å². The molecule has 3 nitrogen and oxygen atoms in total. The summed E-state index contributed by atoms with van der Waals surface area (Å²) in [7, 11) is 0. The number of carbonyl (C=O) groups is 1. The Morgan fingerprint density at radius 1 is 1.58 bits per heavy atom. The Morgan fingerprint density at radius 3 is 2.50 bits per heavy atom. The van der Waals surface area contributed by atoms with Crippen LogP contribution in [0.4, 0.5) is 0 Å². The summed E-state index contributed by atoms with van der Waals surface area (Å²) >= 11 is 0. The molecular formula is C9H18N2O. The average molecular weight is 170 g/mol. The molecule has 1 fully saturated rings. The Labute approximate surface area is 73.7 Å². The molecule has 1 amide bonds. The minimum absolute atomic E-state index is 0.00870. The first-order valence-corrected chi connectivity index (χ1v) is 4.65. The van der Waals surface area contributed by atoms with Crippen molar-refractivity contribution in [3.63, 3.8) is 0 Å². The van der Waals surface area contributed by atoms with Crippen LogP contribution in [0.5, 0.6) is 0 Å². The summed E-state index contributed by atoms with van der Waals surface area (Å²) in [5, 5.41) is 2.97. The molecule has 1 atom stereocenters. The number of rotatable bonds is 4. The van der Waals surface area contributed by atoms with Crippen molar-refractivity contribution in [2.24, 2.45) is 17.6 Å². The fraction of sp³-hybridized carbons (Fsp3) is 0.889. The van der Waals surface area contributed by atoms with Crippen LogP contribution in [0.25, 0.3) is 0 Å². The molecule has 0 heterocycles. The Hall–Kier alpha value is -0.570. The molecule has 1 saturated carbocycles. The molecule has 0 spiro atoms. The zero-order chi connectivity index (χ0) is 9.14. The number of carbonyl (C=O) groups excluding carboxylic acids is 1. The third-order valence-electron chi connectivity index (χ3n) is 2.32. The molecule has 0 radical (unpaired) electrons. The molecular weight excluding hydrogens is 152 g/mol. The van der Waals surface area contributed by atoms with Gasteiger partial charge in [0.05, 0.1) is 5.92 Å². The van der Waals surface area contributed by atoms with E-state index in [1.165, 1.54) is 0 Å². The number of hydrogen-bond donors (Lipinski definition) is 2. The Kier molecular flexibility index (Phi) is 3.09. The predicted molar refractivity (Wildman–Crippen MR) is 48.5 cm³/mol. The van der Waals surface area contributed by atoms with Crippen molar-refractivity contribution < 1.29 is 4.79 Å². The quantitative estimate of drug-likeness (QED) is 0.645. The maximum absolute atomic E-state index is 11.5. The van der Waals surface area contributed by atoms with Crippen LogP contribution in [0.2, 0.25) is 0 Å². The van der Waals surface area contributed by atoms with Crippen LogP contribution in [0, 0.1) is 11.8 Å². The van der Waals surface area contributed by atoms with Gasteiger partial charge in [-0.25, -0.2) is 0 Å². The van der Waals surface area contributed by atoms with Gasteiger partial charge in [0.2, 0.25) is 5.91 Å². The highest BCUT2D eigenvalue weighted by atomic mass is 16.2. The summed E-state index contributed by atoms with van der Waals surface area (Å²) in [6, 6.07) is 0.449. The Balaban J connectivity index is 2.35. The molecule has 3 heteroatoms. The van der Waals surface area contributed by atoms with Crippen LogP contribution in [0.15, 0.2) is 0 Å². The molecule has 0 bridgehead atoms. The second-order valence-corrected chi connectivity index (χ2v) is 3.87. The number of nitrogens with two attached hydrogens (primary N) is 1. The first kappa shape index (κ1) is 9.52. The topological polar surface area (TPSA) is 55.1 Å². The van der Waals surface area contributed by atoms with Gasteiger partial charge in [-0.2, -0.15) is 0 Å². The van der Waals surface area contributed by atoms with Crippen LogP contribution in [0.1, 0.15) is 26.7 Å². The Morgan fingerprint density at radius 2 is 2.17 bits per heavy atom. The third kappa shape index (κ3) is 2.48. The van der Waals surface area contributed by atoms with Gasteiger partial charge in [0.25, 0.3) is 0 Å². The lowest BCUT2D eigenvalue weighted by Gasteiger charge is -2.17. The van der Waals surface area contributed by atoms with E-state index < -0.39 is 0 Å². The summed E-state index contributed by atoms with van der Waals surface area (Å²) in [5.41, 5.74) is 5.51. The van der Waals surface area contributed by atoms with Gasteiger partial charge in [0.15, 0.2) is 0 Å². The van der Waals surface area contributed by atoms with E-state index in [9.17, 15) is 4.79 Å². The number of hydrogen-bond acceptors (Lipinski definition) is 2. The fourth-order valence-corrected chi connectivity index (χ4v) is 1.22. The molecule has 1 aliphatic carbocycles. The zero-order valence-corrected chi connectivity index (χ0v) is 7.84. The van der Waals surface area contributed by atoms with Crippen molar-refractivity contribution in [1.82, 2.24) is 5.32 Å². The van der Waals surface area contributed by atoms with Gasteiger partial charge >= 0.3 is 0 Å². The van der Waals surface area contributed by atoms with Crippen molar-refractivity contribution in [2.75, 3.05) is 6.54 Å². The van der Waals surface area contributed by atoms with Crippen LogP contribution in [-0.2, 0) is 4.79 Å². The molecule has 1 aliphatic rings. The molecule has 0 aromatic carbocycles. The minimum atomic E-state index is -0.00870. The van der Waals surface area contributed by atoms with Gasteiger partial charge < -0.3 is 11.1 Å². The summed E-state index contributed by atoms with van der Waals surface area (Å²) < 4.78 is 0. The molecule has 0 aromatic heterocycles. The lowest BCUT2D eigenvalue weighted by atomic mass is 9.95. The normalized spacial score (nSPS) is 19.3. The van der Waals surface area contributed by atoms with Crippen molar-refractivity contribution >= 4 is 5.91 Å². The summed E-state index contributed by atoms with van der Waals surface area (Å²) in [5.74, 6) is 0.467. The summed E-state index contributed by atoms with van der Waals surface area (Å²) in [6.07, 6.45) is 2.28. The summed E-state index contributed by atoms with van der Waals surface area (Å²) in [4.78, 5) is 11.5. The largest absolute Gasteiger partial charge is 0.353 e. The number of amides is 1. The highest BCUT2D eigenvalue weighted by molar-refractivity contribution is 5.79. The standard InChI is InChI=1S/C9H18N2O/c1-6(2)8(5-10)9(12)11-7-3-4-7/h6-8H,3-5,10H2,1-2H3,(H,11,12). The smallest absolute Gasteiger partial charge is 0.224 e. The number of nitrogens with one attached hydrogen (secondary N) is 1. The van der Waals surface area contributed by atoms with Gasteiger partial charge in [0.1, 0.15) is 0 Å². The molecule has 70 valence electrons. The van der Waals surface area contributed by atoms with E-state index in [2.05, 4.69) is 5.32 Å². The van der Waals surface area contributed by atoms with Crippen molar-refractivity contribution in [2.45, 2.75) is 32.7 Å². The lowest BCUT2D eigenvalue weighted by Crippen LogP contribution is -2.38. The van der Waals surface area contributed by atoms with E-state index in [0.29, 0.717) is 18.5 Å². The van der Waals surface area contributed by atoms with Crippen LogP contribution >= 0.6 is 0 Å². The molecule has 1 unspecified atom stereocenters. The van der Waals surface area contributed by atoms with Crippen LogP contribution < -0.4 is 11.1 Å². The van der Waals surface area contributed by atoms with Gasteiger partial charge in [-0.05, 0) is 18.8 Å². The van der Waals surface area contributed by atoms with Crippen molar-refractivity contribution in [1.29, 1.82) is 0 Å². The van der Waals surface area contributed by atoms with Crippen molar-refractivity contribution in [3.8, 4) is 0 Å². The van der Waals surface area contributed by atoms with E-state index in [1.807, 2.05) is 13.8 Å². The predicted octanol–water partition coefficient (Wildman–Crippen LogP) is 0.496. The average Bonchev–Trinajstić information content (AvgIpc) is 2.71. The fourth-order valence-electron chi connectivity index (χ4n) is 1.22.